The molecule has 0 heterocycles. The minimum atomic E-state index is -2.89. The van der Waals surface area contributed by atoms with Crippen LogP contribution in [0.4, 0.5) is 0 Å². The van der Waals surface area contributed by atoms with Crippen LogP contribution < -0.4 is 10.1 Å². The zero-order chi connectivity index (χ0) is 33.5. The number of amides is 1. The summed E-state index contributed by atoms with van der Waals surface area (Å²) in [4.78, 5) is 36.8. The zero-order valence-corrected chi connectivity index (χ0v) is 26.9. The van der Waals surface area contributed by atoms with Crippen LogP contribution in [-0.4, -0.2) is 74.3 Å². The molecule has 4 atom stereocenters. The number of nitrogens with one attached hydrogen (secondary N) is 1. The average molecular weight is 632 g/mol. The lowest BCUT2D eigenvalue weighted by Gasteiger charge is -2.30. The van der Waals surface area contributed by atoms with E-state index in [0.29, 0.717) is 12.2 Å². The lowest BCUT2D eigenvalue weighted by Crippen LogP contribution is -2.54. The van der Waals surface area contributed by atoms with Gasteiger partial charge in [0.2, 0.25) is 5.91 Å². The quantitative estimate of drug-likeness (QED) is 0.0511. The van der Waals surface area contributed by atoms with Crippen molar-refractivity contribution >= 4 is 17.8 Å². The Labute approximate surface area is 267 Å². The maximum absolute atomic E-state index is 13.3. The van der Waals surface area contributed by atoms with Crippen molar-refractivity contribution in [3.05, 3.63) is 42.0 Å². The first kappa shape index (κ1) is 39.6. The molecule has 0 saturated carbocycles. The molecule has 0 fully saturated rings. The van der Waals surface area contributed by atoms with Crippen LogP contribution in [0.3, 0.4) is 0 Å². The highest BCUT2D eigenvalue weighted by Gasteiger charge is 2.48. The number of benzene rings is 1. The van der Waals surface area contributed by atoms with E-state index in [1.165, 1.54) is 25.3 Å². The first-order valence-electron chi connectivity index (χ1n) is 16.1. The Hall–Kier alpha value is -3.39. The SMILES string of the molecule is CC#CCOc1ccc(C[C@@H](CO)NC(=O)C(/C=C/CCCCCCC(O)CCCCCCC)[C@@](O)(CC(=O)O)C(=O)O)cc1. The number of carboxylic acids is 2. The summed E-state index contributed by atoms with van der Waals surface area (Å²) in [6, 6.07) is 6.15. The van der Waals surface area contributed by atoms with E-state index in [0.717, 1.165) is 56.9 Å². The number of hydrogen-bond acceptors (Lipinski definition) is 7. The zero-order valence-electron chi connectivity index (χ0n) is 26.9. The van der Waals surface area contributed by atoms with Crippen LogP contribution in [0.1, 0.15) is 103 Å². The molecule has 1 aromatic carbocycles. The van der Waals surface area contributed by atoms with E-state index in [4.69, 9.17) is 4.74 Å². The third-order valence-electron chi connectivity index (χ3n) is 7.68. The summed E-state index contributed by atoms with van der Waals surface area (Å²) in [6.07, 6.45) is 12.9. The van der Waals surface area contributed by atoms with E-state index in [9.17, 15) is 39.9 Å². The molecule has 10 nitrogen and oxygen atoms in total. The number of carbonyl (C=O) groups is 3. The molecule has 252 valence electrons. The third-order valence-corrected chi connectivity index (χ3v) is 7.68. The Kier molecular flexibility index (Phi) is 20.3. The van der Waals surface area contributed by atoms with Crippen molar-refractivity contribution in [2.24, 2.45) is 5.92 Å². The number of aliphatic carboxylic acids is 2. The molecule has 10 heteroatoms. The van der Waals surface area contributed by atoms with Crippen molar-refractivity contribution in [2.75, 3.05) is 13.2 Å². The smallest absolute Gasteiger partial charge is 0.337 e. The number of aliphatic hydroxyl groups is 3. The van der Waals surface area contributed by atoms with Gasteiger partial charge < -0.3 is 35.6 Å². The summed E-state index contributed by atoms with van der Waals surface area (Å²) in [5.74, 6) is 0.117. The highest BCUT2D eigenvalue weighted by atomic mass is 16.5. The van der Waals surface area contributed by atoms with E-state index in [2.05, 4.69) is 24.1 Å². The molecule has 0 bridgehead atoms. The second kappa shape index (κ2) is 23.0. The lowest BCUT2D eigenvalue weighted by atomic mass is 9.82. The summed E-state index contributed by atoms with van der Waals surface area (Å²) in [5, 5.41) is 52.6. The lowest BCUT2D eigenvalue weighted by molar-refractivity contribution is -0.172. The molecular weight excluding hydrogens is 578 g/mol. The fraction of sp³-hybridized carbons (Fsp3) is 0.629. The second-order valence-corrected chi connectivity index (χ2v) is 11.5. The van der Waals surface area contributed by atoms with Crippen LogP contribution in [0.25, 0.3) is 0 Å². The summed E-state index contributed by atoms with van der Waals surface area (Å²) >= 11 is 0. The topological polar surface area (TPSA) is 174 Å². The number of rotatable bonds is 25. The molecular formula is C35H53NO9. The van der Waals surface area contributed by atoms with Crippen molar-refractivity contribution in [2.45, 2.75) is 121 Å². The van der Waals surface area contributed by atoms with Crippen molar-refractivity contribution in [1.29, 1.82) is 0 Å². The van der Waals surface area contributed by atoms with E-state index in [1.54, 1.807) is 37.3 Å². The predicted octanol–water partition coefficient (Wildman–Crippen LogP) is 4.63. The first-order chi connectivity index (χ1) is 21.6. The molecule has 0 aliphatic heterocycles. The summed E-state index contributed by atoms with van der Waals surface area (Å²) in [6.45, 7) is 3.66. The van der Waals surface area contributed by atoms with Gasteiger partial charge >= 0.3 is 11.9 Å². The number of unbranched alkanes of at least 4 members (excludes halogenated alkanes) is 8. The van der Waals surface area contributed by atoms with Crippen molar-refractivity contribution in [3.8, 4) is 17.6 Å². The Morgan fingerprint density at radius 2 is 1.60 bits per heavy atom. The Balaban J connectivity index is 2.75. The number of carboxylic acid groups (broad SMARTS) is 2. The molecule has 0 aliphatic rings. The van der Waals surface area contributed by atoms with Crippen molar-refractivity contribution < 1.29 is 44.7 Å². The number of hydrogen-bond donors (Lipinski definition) is 6. The molecule has 0 aromatic heterocycles. The molecule has 2 unspecified atom stereocenters. The summed E-state index contributed by atoms with van der Waals surface area (Å²) in [7, 11) is 0. The van der Waals surface area contributed by atoms with Crippen molar-refractivity contribution in [1.82, 2.24) is 5.32 Å². The van der Waals surface area contributed by atoms with Crippen LogP contribution in [0.15, 0.2) is 36.4 Å². The summed E-state index contributed by atoms with van der Waals surface area (Å²) in [5.41, 5.74) is -2.13. The van der Waals surface area contributed by atoms with Gasteiger partial charge in [0.05, 0.1) is 31.1 Å². The number of aliphatic hydroxyl groups excluding tert-OH is 2. The maximum atomic E-state index is 13.3. The fourth-order valence-corrected chi connectivity index (χ4v) is 5.02. The molecule has 1 rings (SSSR count). The number of ether oxygens (including phenoxy) is 1. The molecule has 0 spiro atoms. The minimum absolute atomic E-state index is 0.200. The van der Waals surface area contributed by atoms with E-state index < -0.39 is 48.4 Å². The third kappa shape index (κ3) is 16.5. The van der Waals surface area contributed by atoms with Gasteiger partial charge in [0, 0.05) is 0 Å². The van der Waals surface area contributed by atoms with Gasteiger partial charge in [-0.15, -0.1) is 5.92 Å². The van der Waals surface area contributed by atoms with Crippen molar-refractivity contribution in [3.63, 3.8) is 0 Å². The molecule has 6 N–H and O–H groups in total. The van der Waals surface area contributed by atoms with E-state index in [-0.39, 0.29) is 19.1 Å². The highest BCUT2D eigenvalue weighted by molar-refractivity contribution is 5.93. The van der Waals surface area contributed by atoms with Crippen LogP contribution in [0.5, 0.6) is 5.75 Å². The van der Waals surface area contributed by atoms with Gasteiger partial charge in [0.25, 0.3) is 0 Å². The Morgan fingerprint density at radius 3 is 2.16 bits per heavy atom. The van der Waals surface area contributed by atoms with Crippen LogP contribution >= 0.6 is 0 Å². The van der Waals surface area contributed by atoms with E-state index >= 15 is 0 Å². The number of allylic oxidation sites excluding steroid dienone is 1. The molecule has 45 heavy (non-hydrogen) atoms. The summed E-state index contributed by atoms with van der Waals surface area (Å²) < 4.78 is 5.48. The van der Waals surface area contributed by atoms with E-state index in [1.807, 2.05) is 0 Å². The largest absolute Gasteiger partial charge is 0.481 e. The van der Waals surface area contributed by atoms with Gasteiger partial charge in [0.15, 0.2) is 5.60 Å². The van der Waals surface area contributed by atoms with Crippen LogP contribution in [-0.2, 0) is 20.8 Å². The predicted molar refractivity (Wildman–Crippen MR) is 173 cm³/mol. The maximum Gasteiger partial charge on any atom is 0.337 e. The van der Waals surface area contributed by atoms with Gasteiger partial charge in [-0.3, -0.25) is 9.59 Å². The monoisotopic (exact) mass is 631 g/mol. The Bertz CT molecular complexity index is 1090. The molecule has 0 saturated heterocycles. The fourth-order valence-electron chi connectivity index (χ4n) is 5.02. The van der Waals surface area contributed by atoms with Crippen LogP contribution in [0.2, 0.25) is 0 Å². The molecule has 0 aliphatic carbocycles. The van der Waals surface area contributed by atoms with Crippen LogP contribution in [0, 0.1) is 17.8 Å². The highest BCUT2D eigenvalue weighted by Crippen LogP contribution is 2.26. The van der Waals surface area contributed by atoms with Gasteiger partial charge in [-0.25, -0.2) is 4.79 Å². The standard InChI is InChI=1S/C35H53NO9/c1-3-5-7-10-13-16-29(38)17-14-11-8-9-12-15-18-31(35(44,34(42)43)25-32(39)40)33(41)36-28(26-37)24-27-19-21-30(22-20-27)45-23-6-4-2/h15,18-22,28-29,31,37-38,44H,3,5,7-14,16-17,23-26H2,1-2H3,(H,36,41)(H,39,40)(H,42,43)/b18-15+/t28-,29?,31?,35-/m0/s1. The van der Waals surface area contributed by atoms with Gasteiger partial charge in [0.1, 0.15) is 12.4 Å². The molecule has 1 amide bonds. The Morgan fingerprint density at radius 1 is 0.978 bits per heavy atom. The number of carbonyl (C=O) groups excluding carboxylic acids is 1. The average Bonchev–Trinajstić information content (AvgIpc) is 3.00. The van der Waals surface area contributed by atoms with Gasteiger partial charge in [-0.1, -0.05) is 88.5 Å². The molecule has 0 radical (unpaired) electrons. The minimum Gasteiger partial charge on any atom is -0.481 e. The molecule has 1 aromatic rings. The van der Waals surface area contributed by atoms with Gasteiger partial charge in [-0.2, -0.15) is 0 Å². The van der Waals surface area contributed by atoms with Gasteiger partial charge in [-0.05, 0) is 56.7 Å². The first-order valence-corrected chi connectivity index (χ1v) is 16.1. The normalized spacial score (nSPS) is 14.5. The second-order valence-electron chi connectivity index (χ2n) is 11.5.